The van der Waals surface area contributed by atoms with E-state index in [0.717, 1.165) is 31.7 Å². The van der Waals surface area contributed by atoms with Gasteiger partial charge in [0.05, 0.1) is 0 Å². The molecule has 1 unspecified atom stereocenters. The lowest BCUT2D eigenvalue weighted by molar-refractivity contribution is 0.113. The van der Waals surface area contributed by atoms with Gasteiger partial charge in [0.15, 0.2) is 0 Å². The number of rotatable bonds is 6. The van der Waals surface area contributed by atoms with E-state index in [1.54, 1.807) is 17.5 Å². The molecular weight excluding hydrogens is 378 g/mol. The van der Waals surface area contributed by atoms with Gasteiger partial charge in [-0.25, -0.2) is 13.1 Å². The first-order valence-corrected chi connectivity index (χ1v) is 10.9. The Morgan fingerprint density at radius 3 is 2.44 bits per heavy atom. The van der Waals surface area contributed by atoms with Crippen molar-refractivity contribution in [3.8, 4) is 0 Å². The minimum Gasteiger partial charge on any atom is -0.304 e. The number of likely N-dealkylation sites (N-methyl/N-ethyl adjacent to an activating group) is 1. The predicted molar refractivity (Wildman–Crippen MR) is 103 cm³/mol. The summed E-state index contributed by atoms with van der Waals surface area (Å²) in [5.74, 6) is 0. The number of nitrogens with zero attached hydrogens (tertiary/aromatic N) is 2. The first-order valence-electron chi connectivity index (χ1n) is 8.17. The van der Waals surface area contributed by atoms with Gasteiger partial charge < -0.3 is 4.90 Å². The van der Waals surface area contributed by atoms with Crippen LogP contribution in [0.5, 0.6) is 0 Å². The van der Waals surface area contributed by atoms with Crippen LogP contribution in [0, 0.1) is 0 Å². The molecule has 1 aliphatic rings. The molecular formula is C17H22ClN3O2S2. The number of piperazine rings is 1. The minimum atomic E-state index is -3.47. The van der Waals surface area contributed by atoms with Crippen LogP contribution < -0.4 is 4.72 Å². The lowest BCUT2D eigenvalue weighted by atomic mass is 10.0. The van der Waals surface area contributed by atoms with E-state index in [4.69, 9.17) is 11.6 Å². The average Bonchev–Trinajstić information content (AvgIpc) is 3.13. The molecule has 5 nitrogen and oxygen atoms in total. The fourth-order valence-electron chi connectivity index (χ4n) is 2.95. The molecule has 1 N–H and O–H groups in total. The highest BCUT2D eigenvalue weighted by Gasteiger charge is 2.26. The average molecular weight is 400 g/mol. The number of hydrogen-bond donors (Lipinski definition) is 1. The van der Waals surface area contributed by atoms with Gasteiger partial charge in [-0.1, -0.05) is 29.8 Å². The second-order valence-electron chi connectivity index (χ2n) is 6.19. The van der Waals surface area contributed by atoms with E-state index < -0.39 is 10.0 Å². The number of nitrogens with one attached hydrogen (secondary N) is 1. The van der Waals surface area contributed by atoms with Crippen LogP contribution in [0.2, 0.25) is 5.02 Å². The Labute approximate surface area is 158 Å². The molecule has 0 spiro atoms. The summed E-state index contributed by atoms with van der Waals surface area (Å²) in [6.07, 6.45) is 0. The molecule has 3 rings (SSSR count). The van der Waals surface area contributed by atoms with Gasteiger partial charge in [-0.2, -0.15) is 0 Å². The molecule has 2 aromatic rings. The Hall–Kier alpha value is -0.960. The van der Waals surface area contributed by atoms with Gasteiger partial charge in [-0.15, -0.1) is 11.3 Å². The number of hydrogen-bond acceptors (Lipinski definition) is 5. The molecule has 0 radical (unpaired) electrons. The van der Waals surface area contributed by atoms with Crippen LogP contribution in [0.15, 0.2) is 46.0 Å². The van der Waals surface area contributed by atoms with E-state index >= 15 is 0 Å². The van der Waals surface area contributed by atoms with E-state index in [1.165, 1.54) is 11.3 Å². The molecule has 2 heterocycles. The van der Waals surface area contributed by atoms with Gasteiger partial charge in [-0.3, -0.25) is 4.90 Å². The maximum atomic E-state index is 12.5. The third kappa shape index (κ3) is 4.81. The second kappa shape index (κ2) is 8.16. The number of benzene rings is 1. The van der Waals surface area contributed by atoms with Crippen molar-refractivity contribution in [2.24, 2.45) is 0 Å². The molecule has 0 aliphatic carbocycles. The van der Waals surface area contributed by atoms with Crippen molar-refractivity contribution in [1.82, 2.24) is 14.5 Å². The van der Waals surface area contributed by atoms with Crippen molar-refractivity contribution < 1.29 is 8.42 Å². The van der Waals surface area contributed by atoms with Gasteiger partial charge in [0.25, 0.3) is 0 Å². The zero-order valence-electron chi connectivity index (χ0n) is 14.1. The van der Waals surface area contributed by atoms with Gasteiger partial charge in [0.1, 0.15) is 4.21 Å². The fourth-order valence-corrected chi connectivity index (χ4v) is 5.15. The highest BCUT2D eigenvalue weighted by molar-refractivity contribution is 7.91. The van der Waals surface area contributed by atoms with Gasteiger partial charge in [0.2, 0.25) is 10.0 Å². The fraction of sp³-hybridized carbons (Fsp3) is 0.412. The highest BCUT2D eigenvalue weighted by atomic mass is 35.5. The van der Waals surface area contributed by atoms with Crippen LogP contribution in [0.1, 0.15) is 11.6 Å². The number of halogens is 1. The summed E-state index contributed by atoms with van der Waals surface area (Å²) in [6, 6.07) is 11.0. The predicted octanol–water partition coefficient (Wildman–Crippen LogP) is 2.67. The lowest BCUT2D eigenvalue weighted by Gasteiger charge is -2.38. The Bertz CT molecular complexity index is 771. The smallest absolute Gasteiger partial charge is 0.250 e. The quantitative estimate of drug-likeness (QED) is 0.811. The molecule has 1 fully saturated rings. The van der Waals surface area contributed by atoms with E-state index in [-0.39, 0.29) is 6.04 Å². The topological polar surface area (TPSA) is 52.6 Å². The van der Waals surface area contributed by atoms with Crippen LogP contribution in [-0.4, -0.2) is 58.0 Å². The van der Waals surface area contributed by atoms with Crippen molar-refractivity contribution in [2.45, 2.75) is 10.3 Å². The van der Waals surface area contributed by atoms with E-state index in [1.807, 2.05) is 24.3 Å². The first-order chi connectivity index (χ1) is 12.0. The van der Waals surface area contributed by atoms with Crippen LogP contribution in [0.25, 0.3) is 0 Å². The third-order valence-electron chi connectivity index (χ3n) is 4.46. The maximum Gasteiger partial charge on any atom is 0.250 e. The molecule has 0 amide bonds. The van der Waals surface area contributed by atoms with Gasteiger partial charge in [-0.05, 0) is 36.2 Å². The molecule has 25 heavy (non-hydrogen) atoms. The summed E-state index contributed by atoms with van der Waals surface area (Å²) < 4.78 is 28.1. The molecule has 0 saturated carbocycles. The van der Waals surface area contributed by atoms with Crippen molar-refractivity contribution in [3.05, 3.63) is 52.4 Å². The number of sulfonamides is 1. The SMILES string of the molecule is CN1CCN(C(CNS(=O)(=O)c2cccs2)c2ccc(Cl)cc2)CC1. The van der Waals surface area contributed by atoms with Gasteiger partial charge >= 0.3 is 0 Å². The summed E-state index contributed by atoms with van der Waals surface area (Å²) >= 11 is 7.24. The van der Waals surface area contributed by atoms with Crippen LogP contribution >= 0.6 is 22.9 Å². The summed E-state index contributed by atoms with van der Waals surface area (Å²) in [5, 5.41) is 2.45. The molecule has 0 bridgehead atoms. The molecule has 136 valence electrons. The molecule has 1 aromatic carbocycles. The molecule has 1 atom stereocenters. The van der Waals surface area contributed by atoms with Crippen molar-refractivity contribution in [3.63, 3.8) is 0 Å². The van der Waals surface area contributed by atoms with Gasteiger partial charge in [0, 0.05) is 43.8 Å². The Kier molecular flexibility index (Phi) is 6.14. The van der Waals surface area contributed by atoms with Crippen LogP contribution in [0.3, 0.4) is 0 Å². The molecule has 1 aliphatic heterocycles. The minimum absolute atomic E-state index is 0.0132. The first kappa shape index (κ1) is 18.8. The molecule has 1 saturated heterocycles. The Balaban J connectivity index is 1.77. The zero-order chi connectivity index (χ0) is 17.9. The largest absolute Gasteiger partial charge is 0.304 e. The third-order valence-corrected chi connectivity index (χ3v) is 7.53. The van der Waals surface area contributed by atoms with E-state index in [2.05, 4.69) is 21.6 Å². The normalized spacial score (nSPS) is 18.3. The van der Waals surface area contributed by atoms with Crippen LogP contribution in [0.4, 0.5) is 0 Å². The molecule has 8 heteroatoms. The van der Waals surface area contributed by atoms with Crippen molar-refractivity contribution in [2.75, 3.05) is 39.8 Å². The number of thiophene rings is 1. The standard InChI is InChI=1S/C17H22ClN3O2S2/c1-20-8-10-21(11-9-20)16(14-4-6-15(18)7-5-14)13-19-25(22,23)17-3-2-12-24-17/h2-7,12,16,19H,8-11,13H2,1H3. The second-order valence-corrected chi connectivity index (χ2v) is 9.57. The van der Waals surface area contributed by atoms with Crippen LogP contribution in [-0.2, 0) is 10.0 Å². The summed E-state index contributed by atoms with van der Waals surface area (Å²) in [5.41, 5.74) is 1.07. The van der Waals surface area contributed by atoms with E-state index in [0.29, 0.717) is 15.8 Å². The zero-order valence-corrected chi connectivity index (χ0v) is 16.4. The Morgan fingerprint density at radius 1 is 1.16 bits per heavy atom. The summed E-state index contributed by atoms with van der Waals surface area (Å²) in [6.45, 7) is 4.10. The van der Waals surface area contributed by atoms with E-state index in [9.17, 15) is 8.42 Å². The lowest BCUT2D eigenvalue weighted by Crippen LogP contribution is -2.48. The van der Waals surface area contributed by atoms with Crippen molar-refractivity contribution >= 4 is 33.0 Å². The Morgan fingerprint density at radius 2 is 1.84 bits per heavy atom. The monoisotopic (exact) mass is 399 g/mol. The maximum absolute atomic E-state index is 12.5. The highest BCUT2D eigenvalue weighted by Crippen LogP contribution is 2.24. The van der Waals surface area contributed by atoms with Crippen molar-refractivity contribution in [1.29, 1.82) is 0 Å². The summed E-state index contributed by atoms with van der Waals surface area (Å²) in [7, 11) is -1.37. The summed E-state index contributed by atoms with van der Waals surface area (Å²) in [4.78, 5) is 4.62. The molecule has 1 aromatic heterocycles.